The van der Waals surface area contributed by atoms with Crippen molar-refractivity contribution < 1.29 is 23.7 Å². The summed E-state index contributed by atoms with van der Waals surface area (Å²) in [6.45, 7) is 4.21. The molecule has 0 saturated heterocycles. The zero-order valence-corrected chi connectivity index (χ0v) is 15.4. The van der Waals surface area contributed by atoms with Crippen molar-refractivity contribution in [3.8, 4) is 23.3 Å². The van der Waals surface area contributed by atoms with Gasteiger partial charge in [0.15, 0.2) is 11.5 Å². The minimum Gasteiger partial charge on any atom is -0.493 e. The Balaban J connectivity index is 2.96. The van der Waals surface area contributed by atoms with Gasteiger partial charge in [-0.1, -0.05) is 13.3 Å². The van der Waals surface area contributed by atoms with Crippen LogP contribution in [0.3, 0.4) is 0 Å². The predicted molar refractivity (Wildman–Crippen MR) is 92.9 cm³/mol. The third-order valence-electron chi connectivity index (χ3n) is 3.67. The molecule has 1 amide bonds. The van der Waals surface area contributed by atoms with Crippen molar-refractivity contribution in [2.75, 3.05) is 27.9 Å². The highest BCUT2D eigenvalue weighted by atomic mass is 16.5. The number of hydrogen-bond acceptors (Lipinski definition) is 6. The third-order valence-corrected chi connectivity index (χ3v) is 3.67. The first-order chi connectivity index (χ1) is 12.0. The highest BCUT2D eigenvalue weighted by Gasteiger charge is 2.22. The molecule has 1 aromatic rings. The Labute approximate surface area is 148 Å². The van der Waals surface area contributed by atoms with Gasteiger partial charge in [-0.2, -0.15) is 5.26 Å². The Morgan fingerprint density at radius 2 is 1.80 bits per heavy atom. The van der Waals surface area contributed by atoms with Crippen LogP contribution >= 0.6 is 0 Å². The minimum atomic E-state index is -0.863. The van der Waals surface area contributed by atoms with Crippen LogP contribution in [0.2, 0.25) is 0 Å². The van der Waals surface area contributed by atoms with Crippen LogP contribution < -0.4 is 19.5 Å². The van der Waals surface area contributed by atoms with Crippen molar-refractivity contribution >= 4 is 5.91 Å². The van der Waals surface area contributed by atoms with Gasteiger partial charge in [-0.15, -0.1) is 0 Å². The number of amides is 1. The van der Waals surface area contributed by atoms with Gasteiger partial charge in [0.2, 0.25) is 11.7 Å². The first-order valence-corrected chi connectivity index (χ1v) is 8.13. The smallest absolute Gasteiger partial charge is 0.250 e. The molecule has 0 aliphatic carbocycles. The number of carbonyl (C=O) groups is 1. The first kappa shape index (κ1) is 20.6. The molecule has 1 rings (SSSR count). The number of carbonyl (C=O) groups excluding carboxylic acids is 1. The zero-order chi connectivity index (χ0) is 18.8. The molecule has 1 N–H and O–H groups in total. The molecule has 7 nitrogen and oxygen atoms in total. The van der Waals surface area contributed by atoms with Gasteiger partial charge in [-0.25, -0.2) is 0 Å². The Kier molecular flexibility index (Phi) is 8.57. The highest BCUT2D eigenvalue weighted by Crippen LogP contribution is 2.39. The first-order valence-electron chi connectivity index (χ1n) is 8.13. The van der Waals surface area contributed by atoms with E-state index in [9.17, 15) is 10.1 Å². The number of nitrogens with one attached hydrogen (secondary N) is 1. The van der Waals surface area contributed by atoms with Crippen LogP contribution in [0.15, 0.2) is 12.1 Å². The van der Waals surface area contributed by atoms with Crippen molar-refractivity contribution in [1.29, 1.82) is 5.26 Å². The predicted octanol–water partition coefficient (Wildman–Crippen LogP) is 2.60. The maximum absolute atomic E-state index is 12.2. The lowest BCUT2D eigenvalue weighted by atomic mass is 10.1. The molecule has 0 aromatic heterocycles. The molecule has 0 saturated carbocycles. The summed E-state index contributed by atoms with van der Waals surface area (Å²) >= 11 is 0. The second kappa shape index (κ2) is 10.4. The molecule has 25 heavy (non-hydrogen) atoms. The number of benzene rings is 1. The number of nitrogens with zero attached hydrogens (tertiary/aromatic N) is 1. The lowest BCUT2D eigenvalue weighted by molar-refractivity contribution is -0.132. The van der Waals surface area contributed by atoms with Crippen LogP contribution in [0.1, 0.15) is 38.3 Å². The summed E-state index contributed by atoms with van der Waals surface area (Å²) in [6, 6.07) is 4.48. The lowest BCUT2D eigenvalue weighted by Crippen LogP contribution is -2.36. The van der Waals surface area contributed by atoms with Gasteiger partial charge in [0.05, 0.1) is 27.4 Å². The van der Waals surface area contributed by atoms with Crippen LogP contribution in [-0.4, -0.2) is 39.9 Å². The SMILES string of the molecule is CCCCOC(C)C(=O)NC(C#N)c1cc(OC)c(OC)c(OC)c1. The molecule has 0 spiro atoms. The Hall–Kier alpha value is -2.46. The molecule has 1 aromatic carbocycles. The number of rotatable bonds is 10. The van der Waals surface area contributed by atoms with Crippen molar-refractivity contribution in [3.05, 3.63) is 17.7 Å². The normalized spacial score (nSPS) is 12.6. The van der Waals surface area contributed by atoms with Gasteiger partial charge < -0.3 is 24.3 Å². The van der Waals surface area contributed by atoms with Gasteiger partial charge in [-0.3, -0.25) is 4.79 Å². The average molecular weight is 350 g/mol. The molecule has 0 aliphatic rings. The third kappa shape index (κ3) is 5.54. The maximum atomic E-state index is 12.2. The van der Waals surface area contributed by atoms with E-state index < -0.39 is 12.1 Å². The van der Waals surface area contributed by atoms with Crippen LogP contribution in [0, 0.1) is 11.3 Å². The fourth-order valence-corrected chi connectivity index (χ4v) is 2.20. The molecular weight excluding hydrogens is 324 g/mol. The van der Waals surface area contributed by atoms with E-state index in [1.54, 1.807) is 19.1 Å². The Morgan fingerprint density at radius 3 is 2.24 bits per heavy atom. The molecule has 0 aliphatic heterocycles. The number of nitriles is 1. The summed E-state index contributed by atoms with van der Waals surface area (Å²) in [7, 11) is 4.48. The van der Waals surface area contributed by atoms with Crippen LogP contribution in [-0.2, 0) is 9.53 Å². The number of methoxy groups -OCH3 is 3. The van der Waals surface area contributed by atoms with Gasteiger partial charge in [0.25, 0.3) is 0 Å². The maximum Gasteiger partial charge on any atom is 0.250 e. The number of unbranched alkanes of at least 4 members (excludes halogenated alkanes) is 1. The fourth-order valence-electron chi connectivity index (χ4n) is 2.20. The van der Waals surface area contributed by atoms with Crippen molar-refractivity contribution in [2.24, 2.45) is 0 Å². The van der Waals surface area contributed by atoms with E-state index in [2.05, 4.69) is 11.4 Å². The summed E-state index contributed by atoms with van der Waals surface area (Å²) in [5, 5.41) is 12.1. The summed E-state index contributed by atoms with van der Waals surface area (Å²) in [4.78, 5) is 12.2. The largest absolute Gasteiger partial charge is 0.493 e. The Bertz CT molecular complexity index is 587. The molecule has 0 fully saturated rings. The molecular formula is C18H26N2O5. The zero-order valence-electron chi connectivity index (χ0n) is 15.4. The number of hydrogen-bond donors (Lipinski definition) is 1. The van der Waals surface area contributed by atoms with Gasteiger partial charge in [0, 0.05) is 6.61 Å². The lowest BCUT2D eigenvalue weighted by Gasteiger charge is -2.19. The monoisotopic (exact) mass is 350 g/mol. The molecule has 2 unspecified atom stereocenters. The van der Waals surface area contributed by atoms with Gasteiger partial charge in [-0.05, 0) is 31.0 Å². The summed E-state index contributed by atoms with van der Waals surface area (Å²) in [6.07, 6.45) is 1.23. The summed E-state index contributed by atoms with van der Waals surface area (Å²) in [5.41, 5.74) is 0.533. The van der Waals surface area contributed by atoms with E-state index in [-0.39, 0.29) is 5.91 Å². The van der Waals surface area contributed by atoms with Crippen molar-refractivity contribution in [3.63, 3.8) is 0 Å². The molecule has 2 atom stereocenters. The van der Waals surface area contributed by atoms with E-state index in [4.69, 9.17) is 18.9 Å². The summed E-state index contributed by atoms with van der Waals surface area (Å²) in [5.74, 6) is 0.904. The summed E-state index contributed by atoms with van der Waals surface area (Å²) < 4.78 is 21.3. The molecule has 0 radical (unpaired) electrons. The van der Waals surface area contributed by atoms with E-state index in [0.29, 0.717) is 29.4 Å². The molecule has 0 heterocycles. The minimum absolute atomic E-state index is 0.351. The Morgan fingerprint density at radius 1 is 1.20 bits per heavy atom. The molecule has 0 bridgehead atoms. The van der Waals surface area contributed by atoms with E-state index >= 15 is 0 Å². The van der Waals surface area contributed by atoms with Crippen LogP contribution in [0.25, 0.3) is 0 Å². The fraction of sp³-hybridized carbons (Fsp3) is 0.556. The quantitative estimate of drug-likeness (QED) is 0.652. The average Bonchev–Trinajstić information content (AvgIpc) is 2.64. The standard InChI is InChI=1S/C18H26N2O5/c1-6-7-8-25-12(2)18(21)20-14(11-19)13-9-15(22-3)17(24-5)16(10-13)23-4/h9-10,12,14H,6-8H2,1-5H3,(H,20,21). The van der Waals surface area contributed by atoms with E-state index in [1.165, 1.54) is 21.3 Å². The topological polar surface area (TPSA) is 89.8 Å². The van der Waals surface area contributed by atoms with Crippen LogP contribution in [0.5, 0.6) is 17.2 Å². The highest BCUT2D eigenvalue weighted by molar-refractivity contribution is 5.81. The molecule has 138 valence electrons. The van der Waals surface area contributed by atoms with E-state index in [0.717, 1.165) is 12.8 Å². The van der Waals surface area contributed by atoms with Crippen molar-refractivity contribution in [2.45, 2.75) is 38.8 Å². The number of ether oxygens (including phenoxy) is 4. The second-order valence-corrected chi connectivity index (χ2v) is 5.40. The van der Waals surface area contributed by atoms with E-state index in [1.807, 2.05) is 6.92 Å². The van der Waals surface area contributed by atoms with Crippen molar-refractivity contribution in [1.82, 2.24) is 5.32 Å². The van der Waals surface area contributed by atoms with Crippen LogP contribution in [0.4, 0.5) is 0 Å². The molecule has 7 heteroatoms. The van der Waals surface area contributed by atoms with Gasteiger partial charge >= 0.3 is 0 Å². The van der Waals surface area contributed by atoms with Gasteiger partial charge in [0.1, 0.15) is 12.1 Å². The second-order valence-electron chi connectivity index (χ2n) is 5.40.